The number of benzene rings is 3. The van der Waals surface area contributed by atoms with Gasteiger partial charge in [0.2, 0.25) is 0 Å². The molecule has 170 valence electrons. The molecule has 0 spiro atoms. The molecule has 0 bridgehead atoms. The van der Waals surface area contributed by atoms with Gasteiger partial charge in [-0.15, -0.1) is 0 Å². The summed E-state index contributed by atoms with van der Waals surface area (Å²) in [5.41, 5.74) is 4.49. The molecule has 7 heteroatoms. The topological polar surface area (TPSA) is 105 Å². The van der Waals surface area contributed by atoms with Crippen molar-refractivity contribution in [3.05, 3.63) is 101 Å². The molecule has 0 amide bonds. The van der Waals surface area contributed by atoms with Crippen LogP contribution in [0.5, 0.6) is 0 Å². The molecule has 3 aromatic carbocycles. The Morgan fingerprint density at radius 3 is 2.40 bits per heavy atom. The molecule has 0 radical (unpaired) electrons. The summed E-state index contributed by atoms with van der Waals surface area (Å²) in [6.45, 7) is 3.69. The van der Waals surface area contributed by atoms with Gasteiger partial charge in [-0.05, 0) is 61.4 Å². The number of rotatable bonds is 5. The Morgan fingerprint density at radius 2 is 1.66 bits per heavy atom. The van der Waals surface area contributed by atoms with Gasteiger partial charge in [0.1, 0.15) is 11.9 Å². The van der Waals surface area contributed by atoms with Gasteiger partial charge in [-0.1, -0.05) is 36.4 Å². The summed E-state index contributed by atoms with van der Waals surface area (Å²) in [6, 6.07) is 25.3. The van der Waals surface area contributed by atoms with Crippen LogP contribution in [-0.2, 0) is 5.41 Å². The lowest BCUT2D eigenvalue weighted by atomic mass is 9.86. The minimum absolute atomic E-state index is 0.118. The lowest BCUT2D eigenvalue weighted by Crippen LogP contribution is -2.13. The number of hydrogen-bond donors (Lipinski definition) is 1. The average molecular weight is 460 g/mol. The molecule has 35 heavy (non-hydrogen) atoms. The fourth-order valence-electron chi connectivity index (χ4n) is 4.04. The second-order valence-electron chi connectivity index (χ2n) is 8.86. The number of hydrogen-bond acceptors (Lipinski definition) is 6. The van der Waals surface area contributed by atoms with Crippen LogP contribution in [0.15, 0.2) is 85.2 Å². The summed E-state index contributed by atoms with van der Waals surface area (Å²) in [4.78, 5) is 20.3. The maximum absolute atomic E-state index is 11.9. The van der Waals surface area contributed by atoms with Crippen molar-refractivity contribution in [1.82, 2.24) is 9.97 Å². The monoisotopic (exact) mass is 459 g/mol. The van der Waals surface area contributed by atoms with Crippen molar-refractivity contribution < 1.29 is 4.92 Å². The highest BCUT2D eigenvalue weighted by Crippen LogP contribution is 2.37. The Balaban J connectivity index is 1.61. The van der Waals surface area contributed by atoms with E-state index in [2.05, 4.69) is 27.4 Å². The second kappa shape index (κ2) is 8.50. The number of fused-ring (bicyclic) bond motifs is 2. The molecule has 5 rings (SSSR count). The molecule has 0 aliphatic rings. The first kappa shape index (κ1) is 22.0. The predicted molar refractivity (Wildman–Crippen MR) is 137 cm³/mol. The van der Waals surface area contributed by atoms with E-state index in [1.165, 1.54) is 6.20 Å². The second-order valence-corrected chi connectivity index (χ2v) is 8.86. The normalized spacial score (nSPS) is 11.3. The lowest BCUT2D eigenvalue weighted by Gasteiger charge is -2.17. The van der Waals surface area contributed by atoms with Crippen molar-refractivity contribution in [2.24, 2.45) is 0 Å². The fourth-order valence-corrected chi connectivity index (χ4v) is 4.04. The molecule has 2 heterocycles. The first-order valence-corrected chi connectivity index (χ1v) is 11.1. The smallest absolute Gasteiger partial charge is 0.311 e. The molecule has 0 unspecified atom stereocenters. The third-order valence-corrected chi connectivity index (χ3v) is 6.12. The van der Waals surface area contributed by atoms with Crippen LogP contribution in [0.25, 0.3) is 32.9 Å². The van der Waals surface area contributed by atoms with Crippen molar-refractivity contribution in [2.75, 3.05) is 5.32 Å². The van der Waals surface area contributed by atoms with Crippen LogP contribution in [0.1, 0.15) is 19.4 Å². The third kappa shape index (κ3) is 4.13. The fraction of sp³-hybridized carbons (Fsp3) is 0.107. The van der Waals surface area contributed by atoms with E-state index in [1.54, 1.807) is 6.20 Å². The van der Waals surface area contributed by atoms with Gasteiger partial charge in [-0.3, -0.25) is 15.1 Å². The maximum atomic E-state index is 11.9. The molecule has 5 aromatic rings. The Kier molecular flexibility index (Phi) is 5.34. The Hall–Kier alpha value is -4.83. The van der Waals surface area contributed by atoms with Crippen molar-refractivity contribution >= 4 is 38.9 Å². The van der Waals surface area contributed by atoms with E-state index in [-0.39, 0.29) is 5.69 Å². The van der Waals surface area contributed by atoms with E-state index < -0.39 is 10.3 Å². The number of nitro groups is 1. The SMILES string of the molecule is CC(C)(C#N)c1ccc(Nc2c([N+](=O)[O-])cnc3ccc(-c4cnc5ccccc5c4)cc23)cc1. The molecule has 0 aliphatic carbocycles. The van der Waals surface area contributed by atoms with E-state index in [4.69, 9.17) is 0 Å². The van der Waals surface area contributed by atoms with Crippen molar-refractivity contribution in [2.45, 2.75) is 19.3 Å². The molecule has 0 aliphatic heterocycles. The number of aromatic nitrogens is 2. The molecule has 0 fully saturated rings. The first-order valence-electron chi connectivity index (χ1n) is 11.1. The highest BCUT2D eigenvalue weighted by Gasteiger charge is 2.21. The van der Waals surface area contributed by atoms with Gasteiger partial charge >= 0.3 is 5.69 Å². The van der Waals surface area contributed by atoms with Crippen LogP contribution in [0, 0.1) is 21.4 Å². The molecule has 1 N–H and O–H groups in total. The minimum atomic E-state index is -0.628. The number of para-hydroxylation sites is 1. The highest BCUT2D eigenvalue weighted by atomic mass is 16.6. The predicted octanol–water partition coefficient (Wildman–Crippen LogP) is 6.90. The van der Waals surface area contributed by atoms with Gasteiger partial charge in [-0.2, -0.15) is 5.26 Å². The number of pyridine rings is 2. The molecule has 0 saturated carbocycles. The molecule has 7 nitrogen and oxygen atoms in total. The van der Waals surface area contributed by atoms with Crippen LogP contribution >= 0.6 is 0 Å². The largest absolute Gasteiger partial charge is 0.349 e. The van der Waals surface area contributed by atoms with Gasteiger partial charge in [0.15, 0.2) is 0 Å². The van der Waals surface area contributed by atoms with Crippen LogP contribution < -0.4 is 5.32 Å². The van der Waals surface area contributed by atoms with Gasteiger partial charge in [0, 0.05) is 28.2 Å². The van der Waals surface area contributed by atoms with E-state index in [9.17, 15) is 15.4 Å². The number of nitriles is 1. The number of nitrogens with zero attached hydrogens (tertiary/aromatic N) is 4. The number of anilines is 2. The minimum Gasteiger partial charge on any atom is -0.349 e. The van der Waals surface area contributed by atoms with Gasteiger partial charge < -0.3 is 5.32 Å². The van der Waals surface area contributed by atoms with Crippen LogP contribution in [-0.4, -0.2) is 14.9 Å². The van der Waals surface area contributed by atoms with E-state index in [0.717, 1.165) is 27.6 Å². The van der Waals surface area contributed by atoms with Crippen LogP contribution in [0.4, 0.5) is 17.1 Å². The zero-order valence-electron chi connectivity index (χ0n) is 19.2. The molecular formula is C28H21N5O2. The summed E-state index contributed by atoms with van der Waals surface area (Å²) in [5, 5.41) is 26.1. The quantitative estimate of drug-likeness (QED) is 0.226. The van der Waals surface area contributed by atoms with Crippen LogP contribution in [0.3, 0.4) is 0 Å². The van der Waals surface area contributed by atoms with Crippen LogP contribution in [0.2, 0.25) is 0 Å². The van der Waals surface area contributed by atoms with Gasteiger partial charge in [-0.25, -0.2) is 4.98 Å². The molecular weight excluding hydrogens is 438 g/mol. The van der Waals surface area contributed by atoms with Crippen molar-refractivity contribution in [3.63, 3.8) is 0 Å². The highest BCUT2D eigenvalue weighted by molar-refractivity contribution is 6.00. The van der Waals surface area contributed by atoms with Crippen molar-refractivity contribution in [3.8, 4) is 17.2 Å². The Labute approximate surface area is 201 Å². The van der Waals surface area contributed by atoms with Gasteiger partial charge in [0.05, 0.1) is 27.4 Å². The van der Waals surface area contributed by atoms with E-state index in [1.807, 2.05) is 80.6 Å². The molecule has 2 aromatic heterocycles. The maximum Gasteiger partial charge on any atom is 0.311 e. The first-order chi connectivity index (χ1) is 16.9. The Morgan fingerprint density at radius 1 is 0.914 bits per heavy atom. The zero-order chi connectivity index (χ0) is 24.6. The number of nitrogens with one attached hydrogen (secondary N) is 1. The summed E-state index contributed by atoms with van der Waals surface area (Å²) < 4.78 is 0. The van der Waals surface area contributed by atoms with E-state index >= 15 is 0 Å². The molecule has 0 atom stereocenters. The standard InChI is InChI=1S/C28H21N5O2/c1-28(2,17-29)21-8-10-22(11-9-21)32-27-23-14-18(7-12-25(23)31-16-26(27)33(34)35)20-13-19-5-3-4-6-24(19)30-15-20/h3-16H,1-2H3,(H,31,32). The summed E-state index contributed by atoms with van der Waals surface area (Å²) >= 11 is 0. The zero-order valence-corrected chi connectivity index (χ0v) is 19.2. The summed E-state index contributed by atoms with van der Waals surface area (Å²) in [6.07, 6.45) is 3.08. The summed E-state index contributed by atoms with van der Waals surface area (Å²) in [7, 11) is 0. The lowest BCUT2D eigenvalue weighted by molar-refractivity contribution is -0.384. The Bertz CT molecular complexity index is 1640. The third-order valence-electron chi connectivity index (χ3n) is 6.12. The van der Waals surface area contributed by atoms with Gasteiger partial charge in [0.25, 0.3) is 0 Å². The summed E-state index contributed by atoms with van der Waals surface area (Å²) in [5.74, 6) is 0. The van der Waals surface area contributed by atoms with Crippen molar-refractivity contribution in [1.29, 1.82) is 5.26 Å². The van der Waals surface area contributed by atoms with E-state index in [0.29, 0.717) is 22.3 Å². The average Bonchev–Trinajstić information content (AvgIpc) is 2.88. The molecule has 0 saturated heterocycles.